The molecule has 140 valence electrons. The topological polar surface area (TPSA) is 84.7 Å². The number of esters is 1. The van der Waals surface area contributed by atoms with Gasteiger partial charge in [0.15, 0.2) is 0 Å². The highest BCUT2D eigenvalue weighted by molar-refractivity contribution is 6.34. The minimum atomic E-state index is -0.721. The van der Waals surface area contributed by atoms with Crippen LogP contribution in [0.1, 0.15) is 15.9 Å². The number of carbonyl (C=O) groups is 1. The number of nitrogens with zero attached hydrogens (tertiary/aromatic N) is 2. The lowest BCUT2D eigenvalue weighted by molar-refractivity contribution is -0.384. The number of benzene rings is 2. The number of nitro benzene ring substituents is 1. The van der Waals surface area contributed by atoms with Crippen molar-refractivity contribution in [3.05, 3.63) is 74.8 Å². The molecule has 1 N–H and O–H groups in total. The number of carbonyl (C=O) groups excluding carboxylic acids is 1. The largest absolute Gasteiger partial charge is 0.465 e. The Balaban J connectivity index is 1.76. The molecule has 1 aliphatic rings. The number of hydrogen-bond acceptors (Lipinski definition) is 6. The van der Waals surface area contributed by atoms with E-state index in [0.717, 1.165) is 30.4 Å². The van der Waals surface area contributed by atoms with Gasteiger partial charge in [-0.25, -0.2) is 4.79 Å². The van der Waals surface area contributed by atoms with Crippen LogP contribution in [0.25, 0.3) is 0 Å². The first kappa shape index (κ1) is 18.7. The second-order valence-electron chi connectivity index (χ2n) is 5.99. The van der Waals surface area contributed by atoms with Crippen molar-refractivity contribution in [2.45, 2.75) is 6.54 Å². The predicted octanol–water partition coefficient (Wildman–Crippen LogP) is 4.02. The molecule has 0 aromatic heterocycles. The van der Waals surface area contributed by atoms with Gasteiger partial charge in [0.1, 0.15) is 5.69 Å². The second-order valence-corrected chi connectivity index (χ2v) is 6.40. The van der Waals surface area contributed by atoms with Gasteiger partial charge < -0.3 is 15.0 Å². The molecule has 0 saturated heterocycles. The molecule has 7 nitrogen and oxygen atoms in total. The van der Waals surface area contributed by atoms with Crippen molar-refractivity contribution >= 4 is 34.6 Å². The van der Waals surface area contributed by atoms with Crippen LogP contribution in [0.5, 0.6) is 0 Å². The van der Waals surface area contributed by atoms with Gasteiger partial charge in [-0.15, -0.1) is 0 Å². The summed E-state index contributed by atoms with van der Waals surface area (Å²) < 4.78 is 4.60. The van der Waals surface area contributed by atoms with E-state index in [1.54, 1.807) is 0 Å². The minimum absolute atomic E-state index is 0.0417. The summed E-state index contributed by atoms with van der Waals surface area (Å²) in [5.41, 5.74) is 2.05. The molecule has 0 aliphatic carbocycles. The van der Waals surface area contributed by atoms with E-state index in [2.05, 4.69) is 27.1 Å². The molecule has 1 aliphatic heterocycles. The van der Waals surface area contributed by atoms with E-state index >= 15 is 0 Å². The molecule has 1 heterocycles. The molecule has 3 rings (SSSR count). The first-order valence-electron chi connectivity index (χ1n) is 8.28. The van der Waals surface area contributed by atoms with Crippen molar-refractivity contribution in [3.63, 3.8) is 0 Å². The third-order valence-corrected chi connectivity index (χ3v) is 4.60. The SMILES string of the molecule is COC(=O)c1cc([N+](=O)[O-])c(NCc2ccc(N3CC=CC3)cc2)cc1Cl. The van der Waals surface area contributed by atoms with Crippen LogP contribution in [-0.4, -0.2) is 31.1 Å². The van der Waals surface area contributed by atoms with E-state index in [1.807, 2.05) is 24.3 Å². The molecule has 0 fully saturated rings. The Morgan fingerprint density at radius 3 is 2.52 bits per heavy atom. The van der Waals surface area contributed by atoms with Gasteiger partial charge in [-0.1, -0.05) is 35.9 Å². The first-order chi connectivity index (χ1) is 13.0. The Kier molecular flexibility index (Phi) is 5.61. The van der Waals surface area contributed by atoms with Gasteiger partial charge in [-0.3, -0.25) is 10.1 Å². The van der Waals surface area contributed by atoms with Crippen LogP contribution in [0.2, 0.25) is 5.02 Å². The fourth-order valence-electron chi connectivity index (χ4n) is 2.83. The van der Waals surface area contributed by atoms with Gasteiger partial charge in [0.25, 0.3) is 5.69 Å². The van der Waals surface area contributed by atoms with Crippen LogP contribution in [0.4, 0.5) is 17.1 Å². The van der Waals surface area contributed by atoms with Crippen LogP contribution in [-0.2, 0) is 11.3 Å². The summed E-state index contributed by atoms with van der Waals surface area (Å²) in [5.74, 6) is -0.721. The Bertz CT molecular complexity index is 889. The maximum absolute atomic E-state index is 11.7. The zero-order valence-corrected chi connectivity index (χ0v) is 15.4. The number of nitrogens with one attached hydrogen (secondary N) is 1. The highest BCUT2D eigenvalue weighted by Gasteiger charge is 2.21. The van der Waals surface area contributed by atoms with Crippen molar-refractivity contribution in [3.8, 4) is 0 Å². The van der Waals surface area contributed by atoms with Crippen molar-refractivity contribution < 1.29 is 14.5 Å². The van der Waals surface area contributed by atoms with Gasteiger partial charge >= 0.3 is 5.97 Å². The third-order valence-electron chi connectivity index (χ3n) is 4.29. The summed E-state index contributed by atoms with van der Waals surface area (Å²) in [6.45, 7) is 2.18. The van der Waals surface area contributed by atoms with Crippen LogP contribution in [0.15, 0.2) is 48.6 Å². The van der Waals surface area contributed by atoms with Crippen molar-refractivity contribution in [2.24, 2.45) is 0 Å². The average Bonchev–Trinajstić information content (AvgIpc) is 3.20. The zero-order chi connectivity index (χ0) is 19.4. The van der Waals surface area contributed by atoms with Gasteiger partial charge in [-0.2, -0.15) is 0 Å². The van der Waals surface area contributed by atoms with Crippen molar-refractivity contribution in [1.82, 2.24) is 0 Å². The number of hydrogen-bond donors (Lipinski definition) is 1. The lowest BCUT2D eigenvalue weighted by Gasteiger charge is -2.18. The molecule has 2 aromatic carbocycles. The minimum Gasteiger partial charge on any atom is -0.465 e. The molecular weight excluding hydrogens is 370 g/mol. The van der Waals surface area contributed by atoms with Gasteiger partial charge in [0.2, 0.25) is 0 Å². The number of anilines is 2. The maximum Gasteiger partial charge on any atom is 0.339 e. The Morgan fingerprint density at radius 2 is 1.93 bits per heavy atom. The lowest BCUT2D eigenvalue weighted by atomic mass is 10.1. The van der Waals surface area contributed by atoms with E-state index < -0.39 is 10.9 Å². The summed E-state index contributed by atoms with van der Waals surface area (Å²) in [4.78, 5) is 24.7. The van der Waals surface area contributed by atoms with Gasteiger partial charge in [0, 0.05) is 31.4 Å². The molecule has 27 heavy (non-hydrogen) atoms. The first-order valence-corrected chi connectivity index (χ1v) is 8.66. The molecule has 8 heteroatoms. The lowest BCUT2D eigenvalue weighted by Crippen LogP contribution is -2.18. The number of ether oxygens (including phenoxy) is 1. The van der Waals surface area contributed by atoms with E-state index in [9.17, 15) is 14.9 Å². The summed E-state index contributed by atoms with van der Waals surface area (Å²) in [6, 6.07) is 10.5. The normalized spacial score (nSPS) is 12.9. The smallest absolute Gasteiger partial charge is 0.339 e. The maximum atomic E-state index is 11.7. The number of rotatable bonds is 6. The summed E-state index contributed by atoms with van der Waals surface area (Å²) in [5, 5.41) is 14.5. The molecule has 0 spiro atoms. The molecular formula is C19H18ClN3O4. The van der Waals surface area contributed by atoms with Crippen LogP contribution in [0, 0.1) is 10.1 Å². The molecule has 0 unspecified atom stereocenters. The van der Waals surface area contributed by atoms with Crippen molar-refractivity contribution in [1.29, 1.82) is 0 Å². The number of methoxy groups -OCH3 is 1. The Labute approximate surface area is 161 Å². The van der Waals surface area contributed by atoms with Crippen LogP contribution < -0.4 is 10.2 Å². The zero-order valence-electron chi connectivity index (χ0n) is 14.6. The quantitative estimate of drug-likeness (QED) is 0.349. The van der Waals surface area contributed by atoms with E-state index in [1.165, 1.54) is 13.2 Å². The highest BCUT2D eigenvalue weighted by Crippen LogP contribution is 2.32. The number of halogens is 1. The summed E-state index contributed by atoms with van der Waals surface area (Å²) >= 11 is 6.08. The molecule has 0 saturated carbocycles. The summed E-state index contributed by atoms with van der Waals surface area (Å²) in [6.07, 6.45) is 4.24. The van der Waals surface area contributed by atoms with E-state index in [4.69, 9.17) is 11.6 Å². The van der Waals surface area contributed by atoms with Crippen molar-refractivity contribution in [2.75, 3.05) is 30.4 Å². The Morgan fingerprint density at radius 1 is 1.26 bits per heavy atom. The standard InChI is InChI=1S/C19H18ClN3O4/c1-27-19(24)15-10-18(23(25)26)17(11-16(15)20)21-12-13-4-6-14(7-5-13)22-8-2-3-9-22/h2-7,10-11,21H,8-9,12H2,1H3. The molecule has 0 radical (unpaired) electrons. The predicted molar refractivity (Wildman–Crippen MR) is 105 cm³/mol. The average molecular weight is 388 g/mol. The fraction of sp³-hybridized carbons (Fsp3) is 0.211. The molecule has 0 bridgehead atoms. The third kappa shape index (κ3) is 4.20. The van der Waals surface area contributed by atoms with Crippen LogP contribution in [0.3, 0.4) is 0 Å². The number of nitro groups is 1. The molecule has 2 aromatic rings. The highest BCUT2D eigenvalue weighted by atomic mass is 35.5. The second kappa shape index (κ2) is 8.09. The summed E-state index contributed by atoms with van der Waals surface area (Å²) in [7, 11) is 1.19. The molecule has 0 atom stereocenters. The van der Waals surface area contributed by atoms with E-state index in [-0.39, 0.29) is 22.0 Å². The molecule has 0 amide bonds. The Hall–Kier alpha value is -3.06. The van der Waals surface area contributed by atoms with Gasteiger partial charge in [-0.05, 0) is 23.8 Å². The monoisotopic (exact) mass is 387 g/mol. The fourth-order valence-corrected chi connectivity index (χ4v) is 3.07. The van der Waals surface area contributed by atoms with E-state index in [0.29, 0.717) is 6.54 Å². The van der Waals surface area contributed by atoms with Crippen LogP contribution >= 0.6 is 11.6 Å². The van der Waals surface area contributed by atoms with Gasteiger partial charge in [0.05, 0.1) is 22.6 Å².